The van der Waals surface area contributed by atoms with Crippen molar-refractivity contribution < 1.29 is 13.2 Å². The van der Waals surface area contributed by atoms with E-state index in [4.69, 9.17) is 23.2 Å². The molecule has 0 fully saturated rings. The lowest BCUT2D eigenvalue weighted by Crippen LogP contribution is -2.29. The second-order valence-corrected chi connectivity index (χ2v) is 9.84. The van der Waals surface area contributed by atoms with Crippen LogP contribution in [0.4, 0.5) is 11.4 Å². The average molecular weight is 477 g/mol. The van der Waals surface area contributed by atoms with Crippen molar-refractivity contribution in [1.82, 2.24) is 0 Å². The number of nitrogens with one attached hydrogen (secondary N) is 1. The number of rotatable bonds is 7. The summed E-state index contributed by atoms with van der Waals surface area (Å²) in [6.45, 7) is 2.11. The van der Waals surface area contributed by atoms with Gasteiger partial charge in [0.25, 0.3) is 5.91 Å². The third-order valence-electron chi connectivity index (χ3n) is 4.72. The molecule has 3 aromatic carbocycles. The van der Waals surface area contributed by atoms with Crippen molar-refractivity contribution in [2.75, 3.05) is 15.9 Å². The first-order valence-electron chi connectivity index (χ1n) is 9.59. The van der Waals surface area contributed by atoms with E-state index in [-0.39, 0.29) is 12.5 Å². The van der Waals surface area contributed by atoms with Crippen LogP contribution >= 0.6 is 23.2 Å². The molecule has 0 bridgehead atoms. The Balaban J connectivity index is 1.80. The highest BCUT2D eigenvalue weighted by Gasteiger charge is 2.19. The molecule has 8 heteroatoms. The van der Waals surface area contributed by atoms with E-state index < -0.39 is 10.0 Å². The van der Waals surface area contributed by atoms with Gasteiger partial charge in [0.1, 0.15) is 0 Å². The van der Waals surface area contributed by atoms with Gasteiger partial charge >= 0.3 is 0 Å². The number of halogens is 2. The summed E-state index contributed by atoms with van der Waals surface area (Å²) in [5.74, 6) is -0.228. The molecule has 1 amide bonds. The molecule has 0 spiro atoms. The summed E-state index contributed by atoms with van der Waals surface area (Å²) in [6.07, 6.45) is 1.93. The Morgan fingerprint density at radius 2 is 1.58 bits per heavy atom. The zero-order chi connectivity index (χ0) is 22.6. The second-order valence-electron chi connectivity index (χ2n) is 7.06. The SMILES string of the molecule is CCc1ccccc1NC(=O)c1ccc(CN(c2cc(Cl)cc(Cl)c2)S(C)(=O)=O)cc1. The first kappa shape index (κ1) is 23.1. The highest BCUT2D eigenvalue weighted by atomic mass is 35.5. The maximum Gasteiger partial charge on any atom is 0.255 e. The van der Waals surface area contributed by atoms with Crippen LogP contribution in [0.15, 0.2) is 66.7 Å². The number of benzene rings is 3. The van der Waals surface area contributed by atoms with Gasteiger partial charge in [0.15, 0.2) is 0 Å². The Labute approximate surface area is 192 Å². The normalized spacial score (nSPS) is 11.2. The number of aryl methyl sites for hydroxylation is 1. The van der Waals surface area contributed by atoms with Gasteiger partial charge in [-0.05, 0) is 53.9 Å². The van der Waals surface area contributed by atoms with E-state index in [0.717, 1.165) is 23.9 Å². The summed E-state index contributed by atoms with van der Waals surface area (Å²) in [5, 5.41) is 3.61. The Morgan fingerprint density at radius 3 is 2.16 bits per heavy atom. The van der Waals surface area contributed by atoms with Crippen molar-refractivity contribution in [3.05, 3.63) is 93.5 Å². The fraction of sp³-hybridized carbons (Fsp3) is 0.174. The third kappa shape index (κ3) is 6.00. The van der Waals surface area contributed by atoms with Gasteiger partial charge in [-0.1, -0.05) is 60.5 Å². The first-order chi connectivity index (χ1) is 14.7. The van der Waals surface area contributed by atoms with Crippen molar-refractivity contribution in [2.45, 2.75) is 19.9 Å². The Kier molecular flexibility index (Phi) is 7.26. The summed E-state index contributed by atoms with van der Waals surface area (Å²) >= 11 is 12.1. The Bertz CT molecular complexity index is 1180. The van der Waals surface area contributed by atoms with E-state index in [1.807, 2.05) is 31.2 Å². The molecule has 0 aliphatic carbocycles. The van der Waals surface area contributed by atoms with Gasteiger partial charge in [0.2, 0.25) is 10.0 Å². The van der Waals surface area contributed by atoms with Crippen LogP contribution < -0.4 is 9.62 Å². The number of anilines is 2. The van der Waals surface area contributed by atoms with Crippen LogP contribution in [-0.4, -0.2) is 20.6 Å². The molecule has 0 aliphatic rings. The van der Waals surface area contributed by atoms with Gasteiger partial charge in [-0.3, -0.25) is 9.10 Å². The van der Waals surface area contributed by atoms with Crippen LogP contribution in [0.2, 0.25) is 10.0 Å². The summed E-state index contributed by atoms with van der Waals surface area (Å²) < 4.78 is 26.0. The van der Waals surface area contributed by atoms with Crippen molar-refractivity contribution in [1.29, 1.82) is 0 Å². The van der Waals surface area contributed by atoms with Gasteiger partial charge in [-0.25, -0.2) is 8.42 Å². The first-order valence-corrected chi connectivity index (χ1v) is 12.2. The molecule has 0 aromatic heterocycles. The topological polar surface area (TPSA) is 66.5 Å². The summed E-state index contributed by atoms with van der Waals surface area (Å²) in [5.41, 5.74) is 3.40. The molecule has 3 rings (SSSR count). The van der Waals surface area contributed by atoms with E-state index in [1.54, 1.807) is 36.4 Å². The number of carbonyl (C=O) groups excluding carboxylic acids is 1. The standard InChI is InChI=1S/C23H22Cl2N2O3S/c1-3-17-6-4-5-7-22(17)26-23(28)18-10-8-16(9-11-18)15-27(31(2,29)30)21-13-19(24)12-20(25)14-21/h4-14H,3,15H2,1-2H3,(H,26,28). The van der Waals surface area contributed by atoms with Crippen molar-refractivity contribution in [3.63, 3.8) is 0 Å². The van der Waals surface area contributed by atoms with E-state index in [0.29, 0.717) is 26.9 Å². The maximum atomic E-state index is 12.6. The quantitative estimate of drug-likeness (QED) is 0.470. The molecule has 0 heterocycles. The molecule has 5 nitrogen and oxygen atoms in total. The lowest BCUT2D eigenvalue weighted by atomic mass is 10.1. The molecule has 0 radical (unpaired) electrons. The minimum absolute atomic E-state index is 0.0794. The number of carbonyl (C=O) groups is 1. The molecular weight excluding hydrogens is 455 g/mol. The number of para-hydroxylation sites is 1. The summed E-state index contributed by atoms with van der Waals surface area (Å²) in [4.78, 5) is 12.6. The largest absolute Gasteiger partial charge is 0.322 e. The van der Waals surface area contributed by atoms with Crippen LogP contribution in [0.25, 0.3) is 0 Å². The molecule has 0 unspecified atom stereocenters. The van der Waals surface area contributed by atoms with Crippen molar-refractivity contribution in [2.24, 2.45) is 0 Å². The fourth-order valence-electron chi connectivity index (χ4n) is 3.16. The predicted molar refractivity (Wildman–Crippen MR) is 128 cm³/mol. The number of hydrogen-bond acceptors (Lipinski definition) is 3. The van der Waals surface area contributed by atoms with Crippen LogP contribution in [0.3, 0.4) is 0 Å². The third-order valence-corrected chi connectivity index (χ3v) is 6.30. The molecule has 1 N–H and O–H groups in total. The number of sulfonamides is 1. The van der Waals surface area contributed by atoms with Gasteiger partial charge in [0, 0.05) is 21.3 Å². The van der Waals surface area contributed by atoms with E-state index in [1.165, 1.54) is 10.4 Å². The molecule has 0 aliphatic heterocycles. The Morgan fingerprint density at radius 1 is 0.968 bits per heavy atom. The Hall–Kier alpha value is -2.54. The lowest BCUT2D eigenvalue weighted by molar-refractivity contribution is 0.102. The van der Waals surface area contributed by atoms with E-state index in [2.05, 4.69) is 5.32 Å². The summed E-state index contributed by atoms with van der Waals surface area (Å²) in [6, 6.07) is 19.1. The summed E-state index contributed by atoms with van der Waals surface area (Å²) in [7, 11) is -3.59. The minimum atomic E-state index is -3.59. The number of hydrogen-bond donors (Lipinski definition) is 1. The smallest absolute Gasteiger partial charge is 0.255 e. The predicted octanol–water partition coefficient (Wildman–Crippen LogP) is 5.77. The number of nitrogens with zero attached hydrogens (tertiary/aromatic N) is 1. The highest BCUT2D eigenvalue weighted by Crippen LogP contribution is 2.28. The van der Waals surface area contributed by atoms with Gasteiger partial charge < -0.3 is 5.32 Å². The van der Waals surface area contributed by atoms with Crippen LogP contribution in [0.1, 0.15) is 28.4 Å². The lowest BCUT2D eigenvalue weighted by Gasteiger charge is -2.23. The molecular formula is C23H22Cl2N2O3S. The zero-order valence-corrected chi connectivity index (χ0v) is 19.4. The van der Waals surface area contributed by atoms with E-state index >= 15 is 0 Å². The maximum absolute atomic E-state index is 12.6. The second kappa shape index (κ2) is 9.73. The molecule has 0 saturated heterocycles. The number of amides is 1. The van der Waals surface area contributed by atoms with Gasteiger partial charge in [-0.15, -0.1) is 0 Å². The molecule has 3 aromatic rings. The monoisotopic (exact) mass is 476 g/mol. The van der Waals surface area contributed by atoms with Gasteiger partial charge in [0.05, 0.1) is 18.5 Å². The van der Waals surface area contributed by atoms with Crippen LogP contribution in [-0.2, 0) is 23.0 Å². The van der Waals surface area contributed by atoms with Crippen molar-refractivity contribution in [3.8, 4) is 0 Å². The minimum Gasteiger partial charge on any atom is -0.322 e. The highest BCUT2D eigenvalue weighted by molar-refractivity contribution is 7.92. The zero-order valence-electron chi connectivity index (χ0n) is 17.1. The van der Waals surface area contributed by atoms with Crippen LogP contribution in [0, 0.1) is 0 Å². The van der Waals surface area contributed by atoms with Gasteiger partial charge in [-0.2, -0.15) is 0 Å². The average Bonchev–Trinajstić information content (AvgIpc) is 2.71. The van der Waals surface area contributed by atoms with Crippen molar-refractivity contribution >= 4 is 50.5 Å². The molecule has 0 atom stereocenters. The molecule has 162 valence electrons. The molecule has 31 heavy (non-hydrogen) atoms. The van der Waals surface area contributed by atoms with E-state index in [9.17, 15) is 13.2 Å². The fourth-order valence-corrected chi connectivity index (χ4v) is 4.54. The van der Waals surface area contributed by atoms with Crippen LogP contribution in [0.5, 0.6) is 0 Å². The molecule has 0 saturated carbocycles.